The van der Waals surface area contributed by atoms with Gasteiger partial charge in [-0.25, -0.2) is 0 Å². The number of carboxylic acids is 1. The van der Waals surface area contributed by atoms with Crippen molar-refractivity contribution < 1.29 is 32.6 Å². The quantitative estimate of drug-likeness (QED) is 0.318. The summed E-state index contributed by atoms with van der Waals surface area (Å²) in [5, 5.41) is 11.3. The number of nitrogens with one attached hydrogen (secondary N) is 1. The van der Waals surface area contributed by atoms with Gasteiger partial charge in [-0.1, -0.05) is 26.0 Å². The molecule has 0 aliphatic rings. The largest absolute Gasteiger partial charge is 0.485 e. The predicted octanol–water partition coefficient (Wildman–Crippen LogP) is 7.03. The summed E-state index contributed by atoms with van der Waals surface area (Å²) in [5.74, 6) is -0.602. The number of benzene rings is 2. The van der Waals surface area contributed by atoms with Crippen molar-refractivity contribution in [3.8, 4) is 16.9 Å². The van der Waals surface area contributed by atoms with E-state index >= 15 is 0 Å². The van der Waals surface area contributed by atoms with Gasteiger partial charge in [0.25, 0.3) is 5.91 Å². The molecule has 0 spiro atoms. The first-order valence-electron chi connectivity index (χ1n) is 11.4. The topological polar surface area (TPSA) is 75.6 Å². The van der Waals surface area contributed by atoms with E-state index in [4.69, 9.17) is 9.84 Å². The van der Waals surface area contributed by atoms with Crippen LogP contribution in [-0.4, -0.2) is 23.5 Å². The number of carbonyl (C=O) groups excluding carboxylic acids is 1. The van der Waals surface area contributed by atoms with E-state index in [0.29, 0.717) is 16.2 Å². The molecule has 3 aromatic rings. The molecule has 0 saturated carbocycles. The Bertz CT molecular complexity index is 1210. The molecule has 0 bridgehead atoms. The van der Waals surface area contributed by atoms with E-state index in [1.165, 1.54) is 23.5 Å². The SMILES string of the molecule is Cc1cc(O[C@H](c2ccc(C(=O)NCCC(=O)O)s2)C(C)C)cc(C)c1-c1ccc(C(F)(F)F)cc1. The van der Waals surface area contributed by atoms with Crippen LogP contribution < -0.4 is 10.1 Å². The van der Waals surface area contributed by atoms with Crippen molar-refractivity contribution in [2.75, 3.05) is 6.54 Å². The summed E-state index contributed by atoms with van der Waals surface area (Å²) in [5.41, 5.74) is 2.61. The van der Waals surface area contributed by atoms with E-state index in [1.807, 2.05) is 45.9 Å². The molecule has 1 heterocycles. The molecule has 5 nitrogen and oxygen atoms in total. The van der Waals surface area contributed by atoms with Gasteiger partial charge in [0.1, 0.15) is 11.9 Å². The minimum Gasteiger partial charge on any atom is -0.485 e. The summed E-state index contributed by atoms with van der Waals surface area (Å²) in [7, 11) is 0. The first-order chi connectivity index (χ1) is 16.9. The minimum absolute atomic E-state index is 0.0509. The Labute approximate surface area is 211 Å². The fourth-order valence-electron chi connectivity index (χ4n) is 3.94. The molecule has 2 N–H and O–H groups in total. The van der Waals surface area contributed by atoms with E-state index < -0.39 is 17.7 Å². The molecule has 0 fully saturated rings. The van der Waals surface area contributed by atoms with Crippen LogP contribution in [-0.2, 0) is 11.0 Å². The summed E-state index contributed by atoms with van der Waals surface area (Å²) >= 11 is 1.29. The maximum absolute atomic E-state index is 12.9. The second-order valence-electron chi connectivity index (χ2n) is 8.89. The number of ether oxygens (including phenoxy) is 1. The molecule has 0 radical (unpaired) electrons. The van der Waals surface area contributed by atoms with Crippen LogP contribution >= 0.6 is 11.3 Å². The van der Waals surface area contributed by atoms with E-state index in [1.54, 1.807) is 6.07 Å². The number of rotatable bonds is 9. The van der Waals surface area contributed by atoms with Crippen LogP contribution in [0.5, 0.6) is 5.75 Å². The molecular formula is C27H28F3NO4S. The van der Waals surface area contributed by atoms with Gasteiger partial charge < -0.3 is 15.2 Å². The molecule has 0 saturated heterocycles. The number of alkyl halides is 3. The number of amides is 1. The molecular weight excluding hydrogens is 491 g/mol. The summed E-state index contributed by atoms with van der Waals surface area (Å²) in [6.45, 7) is 7.85. The second-order valence-corrected chi connectivity index (χ2v) is 10.0. The normalized spacial score (nSPS) is 12.4. The van der Waals surface area contributed by atoms with Gasteiger partial charge in [-0.2, -0.15) is 13.2 Å². The van der Waals surface area contributed by atoms with Gasteiger partial charge in [-0.15, -0.1) is 11.3 Å². The van der Waals surface area contributed by atoms with Crippen LogP contribution in [0.25, 0.3) is 11.1 Å². The third-order valence-corrected chi connectivity index (χ3v) is 6.78. The lowest BCUT2D eigenvalue weighted by molar-refractivity contribution is -0.138. The summed E-state index contributed by atoms with van der Waals surface area (Å²) in [6, 6.07) is 12.4. The van der Waals surface area contributed by atoms with Crippen molar-refractivity contribution in [2.24, 2.45) is 5.92 Å². The Balaban J connectivity index is 1.80. The first-order valence-corrected chi connectivity index (χ1v) is 12.2. The highest BCUT2D eigenvalue weighted by Gasteiger charge is 2.30. The highest BCUT2D eigenvalue weighted by Crippen LogP contribution is 2.37. The number of aryl methyl sites for hydroxylation is 2. The number of hydrogen-bond acceptors (Lipinski definition) is 4. The Morgan fingerprint density at radius 2 is 1.64 bits per heavy atom. The van der Waals surface area contributed by atoms with Gasteiger partial charge >= 0.3 is 12.1 Å². The minimum atomic E-state index is -4.38. The zero-order valence-corrected chi connectivity index (χ0v) is 21.2. The van der Waals surface area contributed by atoms with E-state index in [9.17, 15) is 22.8 Å². The lowest BCUT2D eigenvalue weighted by Gasteiger charge is -2.23. The number of halogens is 3. The maximum Gasteiger partial charge on any atom is 0.416 e. The fourth-order valence-corrected chi connectivity index (χ4v) is 5.07. The number of carbonyl (C=O) groups is 2. The van der Waals surface area contributed by atoms with Gasteiger partial charge in [0.15, 0.2) is 0 Å². The van der Waals surface area contributed by atoms with Gasteiger partial charge in [0, 0.05) is 11.4 Å². The molecule has 192 valence electrons. The van der Waals surface area contributed by atoms with Crippen molar-refractivity contribution in [1.29, 1.82) is 0 Å². The van der Waals surface area contributed by atoms with Crippen LogP contribution in [0.4, 0.5) is 13.2 Å². The Morgan fingerprint density at radius 3 is 2.17 bits per heavy atom. The molecule has 3 rings (SSSR count). The van der Waals surface area contributed by atoms with Crippen molar-refractivity contribution in [2.45, 2.75) is 46.4 Å². The lowest BCUT2D eigenvalue weighted by Crippen LogP contribution is -2.25. The van der Waals surface area contributed by atoms with E-state index in [2.05, 4.69) is 5.32 Å². The van der Waals surface area contributed by atoms with Crippen molar-refractivity contribution >= 4 is 23.2 Å². The lowest BCUT2D eigenvalue weighted by atomic mass is 9.94. The molecule has 0 aliphatic heterocycles. The molecule has 0 aliphatic carbocycles. The Hall–Kier alpha value is -3.33. The van der Waals surface area contributed by atoms with Crippen LogP contribution in [0.2, 0.25) is 0 Å². The summed E-state index contributed by atoms with van der Waals surface area (Å²) < 4.78 is 45.1. The smallest absolute Gasteiger partial charge is 0.416 e. The highest BCUT2D eigenvalue weighted by atomic mass is 32.1. The average molecular weight is 520 g/mol. The monoisotopic (exact) mass is 519 g/mol. The second kappa shape index (κ2) is 11.2. The van der Waals surface area contributed by atoms with Gasteiger partial charge in [0.05, 0.1) is 16.9 Å². The Morgan fingerprint density at radius 1 is 1.03 bits per heavy atom. The number of aliphatic carboxylic acids is 1. The van der Waals surface area contributed by atoms with Crippen LogP contribution in [0, 0.1) is 19.8 Å². The third kappa shape index (κ3) is 6.66. The number of hydrogen-bond donors (Lipinski definition) is 2. The third-order valence-electron chi connectivity index (χ3n) is 5.63. The highest BCUT2D eigenvalue weighted by molar-refractivity contribution is 7.14. The zero-order chi connectivity index (χ0) is 26.6. The van der Waals surface area contributed by atoms with Crippen LogP contribution in [0.3, 0.4) is 0 Å². The van der Waals surface area contributed by atoms with Crippen LogP contribution in [0.1, 0.15) is 57.6 Å². The standard InChI is InChI=1S/C27H28F3NO4S/c1-15(2)25(21-9-10-22(36-21)26(34)31-12-11-23(32)33)35-20-13-16(3)24(17(4)14-20)18-5-7-19(8-6-18)27(28,29)30/h5-10,13-15,25H,11-12H2,1-4H3,(H,31,34)(H,32,33)/t25-/m0/s1. The van der Waals surface area contributed by atoms with Gasteiger partial charge in [0.2, 0.25) is 0 Å². The van der Waals surface area contributed by atoms with Crippen molar-refractivity contribution in [1.82, 2.24) is 5.32 Å². The molecule has 0 unspecified atom stereocenters. The first kappa shape index (κ1) is 27.3. The fraction of sp³-hybridized carbons (Fsp3) is 0.333. The van der Waals surface area contributed by atoms with Crippen molar-refractivity contribution in [3.05, 3.63) is 75.0 Å². The summed E-state index contributed by atoms with van der Waals surface area (Å²) in [4.78, 5) is 24.3. The molecule has 36 heavy (non-hydrogen) atoms. The Kier molecular flexibility index (Phi) is 8.45. The number of carboxylic acid groups (broad SMARTS) is 1. The molecule has 1 atom stereocenters. The van der Waals surface area contributed by atoms with Gasteiger partial charge in [-0.3, -0.25) is 9.59 Å². The van der Waals surface area contributed by atoms with E-state index in [-0.39, 0.29) is 30.9 Å². The maximum atomic E-state index is 12.9. The molecule has 9 heteroatoms. The molecule has 1 amide bonds. The predicted molar refractivity (Wildman–Crippen MR) is 133 cm³/mol. The zero-order valence-electron chi connectivity index (χ0n) is 20.4. The van der Waals surface area contributed by atoms with Crippen molar-refractivity contribution in [3.63, 3.8) is 0 Å². The van der Waals surface area contributed by atoms with Gasteiger partial charge in [-0.05, 0) is 78.4 Å². The van der Waals surface area contributed by atoms with E-state index in [0.717, 1.165) is 33.7 Å². The average Bonchev–Trinajstić information content (AvgIpc) is 3.26. The van der Waals surface area contributed by atoms with Crippen LogP contribution in [0.15, 0.2) is 48.5 Å². The number of thiophene rings is 1. The molecule has 1 aromatic heterocycles. The molecule has 2 aromatic carbocycles. The summed E-state index contributed by atoms with van der Waals surface area (Å²) in [6.07, 6.45) is -4.86.